The van der Waals surface area contributed by atoms with Crippen molar-refractivity contribution in [3.8, 4) is 0 Å². The molecule has 0 aliphatic carbocycles. The second-order valence-electron chi connectivity index (χ2n) is 5.67. The highest BCUT2D eigenvalue weighted by Crippen LogP contribution is 2.27. The average molecular weight is 317 g/mol. The summed E-state index contributed by atoms with van der Waals surface area (Å²) in [6.45, 7) is 5.63. The summed E-state index contributed by atoms with van der Waals surface area (Å²) >= 11 is -0.151. The van der Waals surface area contributed by atoms with Crippen molar-refractivity contribution >= 4 is 24.4 Å². The van der Waals surface area contributed by atoms with E-state index in [4.69, 9.17) is 9.84 Å². The van der Waals surface area contributed by atoms with Crippen molar-refractivity contribution in [2.24, 2.45) is 0 Å². The molecule has 0 saturated heterocycles. The van der Waals surface area contributed by atoms with Gasteiger partial charge in [0.05, 0.1) is 12.2 Å². The van der Waals surface area contributed by atoms with Gasteiger partial charge in [-0.1, -0.05) is 0 Å². The van der Waals surface area contributed by atoms with Crippen LogP contribution in [0.5, 0.6) is 0 Å². The van der Waals surface area contributed by atoms with Crippen molar-refractivity contribution in [3.05, 3.63) is 17.0 Å². The molecule has 1 amide bonds. The summed E-state index contributed by atoms with van der Waals surface area (Å²) in [6.07, 6.45) is -0.198. The molecule has 2 rings (SSSR count). The Morgan fingerprint density at radius 2 is 2.10 bits per heavy atom. The van der Waals surface area contributed by atoms with Gasteiger partial charge < -0.3 is 14.7 Å². The Hall–Kier alpha value is -1.77. The molecule has 1 aromatic heterocycles. The van der Waals surface area contributed by atoms with Crippen molar-refractivity contribution in [3.63, 3.8) is 0 Å². The van der Waals surface area contributed by atoms with E-state index in [1.807, 2.05) is 0 Å². The third kappa shape index (κ3) is 3.29. The van der Waals surface area contributed by atoms with Crippen molar-refractivity contribution in [1.82, 2.24) is 14.1 Å². The molecule has 0 fully saturated rings. The minimum Gasteiger partial charge on any atom is -0.476 e. The zero-order valence-electron chi connectivity index (χ0n) is 11.9. The van der Waals surface area contributed by atoms with Gasteiger partial charge in [-0.25, -0.2) is 9.59 Å². The number of carboxylic acid groups (broad SMARTS) is 1. The Labute approximate surface area is 125 Å². The second-order valence-corrected chi connectivity index (χ2v) is 6.16. The van der Waals surface area contributed by atoms with Gasteiger partial charge in [0.15, 0.2) is 18.0 Å². The van der Waals surface area contributed by atoms with Gasteiger partial charge in [0, 0.05) is 18.5 Å². The standard InChI is InChI=1S/C12H16FN3O4S/c1-12(2,3)20-11(19)15-5-4-8-7(6-15)9(10(17)18)14-16(8)21-13/h4-6H2,1-3H3,(H,17,18). The van der Waals surface area contributed by atoms with Crippen molar-refractivity contribution in [2.45, 2.75) is 39.3 Å². The minimum absolute atomic E-state index is 0.0481. The van der Waals surface area contributed by atoms with Crippen molar-refractivity contribution < 1.29 is 23.3 Å². The number of carbonyl (C=O) groups is 2. The first-order valence-corrected chi connectivity index (χ1v) is 7.01. The lowest BCUT2D eigenvalue weighted by Gasteiger charge is -2.30. The molecule has 0 aromatic carbocycles. The molecular formula is C12H16FN3O4S. The Bertz CT molecular complexity index is 582. The number of halogens is 1. The SMILES string of the molecule is CC(C)(C)OC(=O)N1CCc2c(c(C(=O)O)nn2SF)C1. The summed E-state index contributed by atoms with van der Waals surface area (Å²) in [7, 11) is 0. The number of aromatic nitrogens is 2. The minimum atomic E-state index is -1.25. The van der Waals surface area contributed by atoms with E-state index < -0.39 is 17.7 Å². The van der Waals surface area contributed by atoms with Gasteiger partial charge in [0.1, 0.15) is 5.60 Å². The lowest BCUT2D eigenvalue weighted by molar-refractivity contribution is 0.0221. The first-order valence-electron chi connectivity index (χ1n) is 6.34. The van der Waals surface area contributed by atoms with Crippen molar-refractivity contribution in [2.75, 3.05) is 6.54 Å². The van der Waals surface area contributed by atoms with Crippen LogP contribution >= 0.6 is 12.3 Å². The second kappa shape index (κ2) is 5.55. The number of carbonyl (C=O) groups excluding carboxylic acids is 1. The predicted octanol–water partition coefficient (Wildman–Crippen LogP) is 2.26. The number of amides is 1. The van der Waals surface area contributed by atoms with Crippen molar-refractivity contribution in [1.29, 1.82) is 0 Å². The number of hydrogen-bond donors (Lipinski definition) is 1. The number of fused-ring (bicyclic) bond motifs is 1. The Kier molecular flexibility index (Phi) is 4.13. The smallest absolute Gasteiger partial charge is 0.410 e. The molecule has 1 N–H and O–H groups in total. The van der Waals surface area contributed by atoms with Gasteiger partial charge in [0.2, 0.25) is 0 Å². The quantitative estimate of drug-likeness (QED) is 0.900. The summed E-state index contributed by atoms with van der Waals surface area (Å²) in [4.78, 5) is 24.6. The van der Waals surface area contributed by atoms with Crippen LogP contribution in [0.25, 0.3) is 0 Å². The van der Waals surface area contributed by atoms with E-state index in [9.17, 15) is 13.5 Å². The average Bonchev–Trinajstić information content (AvgIpc) is 2.74. The van der Waals surface area contributed by atoms with Crippen LogP contribution in [0.1, 0.15) is 42.5 Å². The maximum Gasteiger partial charge on any atom is 0.410 e. The summed E-state index contributed by atoms with van der Waals surface area (Å²) in [5.41, 5.74) is -0.0285. The monoisotopic (exact) mass is 317 g/mol. The molecule has 21 heavy (non-hydrogen) atoms. The highest BCUT2D eigenvalue weighted by molar-refractivity contribution is 7.92. The molecule has 7 nitrogen and oxygen atoms in total. The van der Waals surface area contributed by atoms with E-state index in [-0.39, 0.29) is 24.6 Å². The van der Waals surface area contributed by atoms with E-state index in [0.29, 0.717) is 24.2 Å². The number of carboxylic acids is 1. The highest BCUT2D eigenvalue weighted by atomic mass is 32.2. The summed E-state index contributed by atoms with van der Waals surface area (Å²) in [5.74, 6) is -1.25. The van der Waals surface area contributed by atoms with Gasteiger partial charge in [-0.3, -0.25) is 0 Å². The van der Waals surface area contributed by atoms with Gasteiger partial charge in [-0.2, -0.15) is 9.19 Å². The molecule has 2 heterocycles. The van der Waals surface area contributed by atoms with E-state index in [2.05, 4.69) is 5.10 Å². The predicted molar refractivity (Wildman–Crippen MR) is 73.6 cm³/mol. The normalized spacial score (nSPS) is 14.8. The molecule has 0 spiro atoms. The zero-order valence-corrected chi connectivity index (χ0v) is 12.7. The molecule has 0 unspecified atom stereocenters. The molecule has 9 heteroatoms. The van der Waals surface area contributed by atoms with Gasteiger partial charge in [-0.05, 0) is 20.8 Å². The molecule has 0 atom stereocenters. The first kappa shape index (κ1) is 15.6. The van der Waals surface area contributed by atoms with Crippen LogP contribution in [-0.2, 0) is 17.7 Å². The molecule has 1 aliphatic heterocycles. The fourth-order valence-electron chi connectivity index (χ4n) is 2.10. The largest absolute Gasteiger partial charge is 0.476 e. The third-order valence-corrected chi connectivity index (χ3v) is 3.38. The molecule has 116 valence electrons. The van der Waals surface area contributed by atoms with Crippen LogP contribution in [0.4, 0.5) is 8.68 Å². The molecule has 0 saturated carbocycles. The topological polar surface area (TPSA) is 84.7 Å². The number of ether oxygens (including phenoxy) is 1. The van der Waals surface area contributed by atoms with E-state index in [0.717, 1.165) is 4.09 Å². The fraction of sp³-hybridized carbons (Fsp3) is 0.583. The molecule has 0 bridgehead atoms. The molecule has 0 radical (unpaired) electrons. The van der Waals surface area contributed by atoms with E-state index >= 15 is 0 Å². The lowest BCUT2D eigenvalue weighted by atomic mass is 10.1. The number of rotatable bonds is 2. The zero-order chi connectivity index (χ0) is 15.8. The van der Waals surface area contributed by atoms with Gasteiger partial charge >= 0.3 is 12.1 Å². The Balaban J connectivity index is 2.25. The fourth-order valence-corrected chi connectivity index (χ4v) is 2.50. The van der Waals surface area contributed by atoms with E-state index in [1.54, 1.807) is 20.8 Å². The van der Waals surface area contributed by atoms with Gasteiger partial charge in [-0.15, -0.1) is 3.89 Å². The summed E-state index contributed by atoms with van der Waals surface area (Å²) < 4.78 is 19.0. The van der Waals surface area contributed by atoms with Crippen LogP contribution in [0.2, 0.25) is 0 Å². The van der Waals surface area contributed by atoms with E-state index in [1.165, 1.54) is 4.90 Å². The first-order chi connectivity index (χ1) is 9.73. The third-order valence-electron chi connectivity index (χ3n) is 2.94. The van der Waals surface area contributed by atoms with Gasteiger partial charge in [0.25, 0.3) is 0 Å². The van der Waals surface area contributed by atoms with Crippen LogP contribution in [0.15, 0.2) is 0 Å². The summed E-state index contributed by atoms with van der Waals surface area (Å²) in [5, 5.41) is 12.8. The van der Waals surface area contributed by atoms with Crippen LogP contribution < -0.4 is 0 Å². The molecular weight excluding hydrogens is 301 g/mol. The number of nitrogens with zero attached hydrogens (tertiary/aromatic N) is 3. The Morgan fingerprint density at radius 3 is 2.62 bits per heavy atom. The number of hydrogen-bond acceptors (Lipinski definition) is 5. The maximum atomic E-state index is 12.8. The Morgan fingerprint density at radius 1 is 1.43 bits per heavy atom. The van der Waals surface area contributed by atoms with Crippen LogP contribution in [0, 0.1) is 0 Å². The number of aromatic carboxylic acids is 1. The summed E-state index contributed by atoms with van der Waals surface area (Å²) in [6, 6.07) is 0. The van der Waals surface area contributed by atoms with Crippen LogP contribution in [-0.4, -0.2) is 43.4 Å². The molecule has 1 aromatic rings. The lowest BCUT2D eigenvalue weighted by Crippen LogP contribution is -2.40. The molecule has 1 aliphatic rings. The maximum absolute atomic E-state index is 12.8. The van der Waals surface area contributed by atoms with Crippen LogP contribution in [0.3, 0.4) is 0 Å². The highest BCUT2D eigenvalue weighted by Gasteiger charge is 2.32.